The summed E-state index contributed by atoms with van der Waals surface area (Å²) in [5.41, 5.74) is -0.979. The van der Waals surface area contributed by atoms with Gasteiger partial charge in [-0.3, -0.25) is 9.59 Å². The summed E-state index contributed by atoms with van der Waals surface area (Å²) in [5.74, 6) is -1.40. The second-order valence-corrected chi connectivity index (χ2v) is 7.39. The molecule has 0 aromatic rings. The third-order valence-electron chi connectivity index (χ3n) is 5.51. The maximum atomic E-state index is 11.6. The smallest absolute Gasteiger partial charge is 0.305 e. The van der Waals surface area contributed by atoms with Gasteiger partial charge in [-0.25, -0.2) is 0 Å². The molecule has 2 bridgehead atoms. The van der Waals surface area contributed by atoms with Gasteiger partial charge in [-0.05, 0) is 12.8 Å². The van der Waals surface area contributed by atoms with Crippen LogP contribution in [0.25, 0.3) is 0 Å². The van der Waals surface area contributed by atoms with E-state index in [4.69, 9.17) is 23.7 Å². The Hall–Kier alpha value is -1.18. The number of rotatable bonds is 2. The minimum Gasteiger partial charge on any atom is -0.452 e. The van der Waals surface area contributed by atoms with E-state index in [-0.39, 0.29) is 18.3 Å². The molecule has 5 atom stereocenters. The molecule has 0 amide bonds. The van der Waals surface area contributed by atoms with Crippen LogP contribution in [-0.4, -0.2) is 47.9 Å². The van der Waals surface area contributed by atoms with Crippen LogP contribution >= 0.6 is 0 Å². The van der Waals surface area contributed by atoms with Crippen molar-refractivity contribution >= 4 is 11.9 Å². The van der Waals surface area contributed by atoms with Crippen molar-refractivity contribution in [3.63, 3.8) is 0 Å². The van der Waals surface area contributed by atoms with Crippen LogP contribution in [0.2, 0.25) is 0 Å². The number of hydrogen-bond donors (Lipinski definition) is 0. The minimum absolute atomic E-state index is 0.202. The van der Waals surface area contributed by atoms with Crippen LogP contribution in [0.5, 0.6) is 0 Å². The molecule has 0 aromatic carbocycles. The zero-order chi connectivity index (χ0) is 16.9. The van der Waals surface area contributed by atoms with Crippen molar-refractivity contribution in [2.24, 2.45) is 0 Å². The van der Waals surface area contributed by atoms with Crippen LogP contribution in [0.3, 0.4) is 0 Å². The average Bonchev–Trinajstić information content (AvgIpc) is 2.96. The highest BCUT2D eigenvalue weighted by molar-refractivity contribution is 5.68. The summed E-state index contributed by atoms with van der Waals surface area (Å²) in [7, 11) is 0. The molecule has 7 heteroatoms. The topological polar surface area (TPSA) is 80.3 Å². The van der Waals surface area contributed by atoms with Crippen LogP contribution < -0.4 is 0 Å². The number of esters is 2. The van der Waals surface area contributed by atoms with Crippen molar-refractivity contribution < 1.29 is 33.3 Å². The molecule has 4 rings (SSSR count). The van der Waals surface area contributed by atoms with E-state index in [0.29, 0.717) is 12.8 Å². The molecule has 0 N–H and O–H groups in total. The highest BCUT2D eigenvalue weighted by Gasteiger charge is 2.66. The molecular weight excluding hydrogens is 316 g/mol. The predicted octanol–water partition coefficient (Wildman–Crippen LogP) is 1.81. The molecule has 1 spiro atoms. The molecule has 1 unspecified atom stereocenters. The number of carbonyl (C=O) groups excluding carboxylic acids is 2. The number of hydrogen-bond acceptors (Lipinski definition) is 7. The van der Waals surface area contributed by atoms with Gasteiger partial charge in [-0.1, -0.05) is 6.42 Å². The van der Waals surface area contributed by atoms with Crippen LogP contribution in [0.15, 0.2) is 0 Å². The first kappa shape index (κ1) is 16.3. The molecule has 7 nitrogen and oxygen atoms in total. The van der Waals surface area contributed by atoms with Gasteiger partial charge in [-0.2, -0.15) is 0 Å². The second-order valence-electron chi connectivity index (χ2n) is 7.39. The zero-order valence-electron chi connectivity index (χ0n) is 14.1. The average molecular weight is 340 g/mol. The van der Waals surface area contributed by atoms with Gasteiger partial charge in [0.25, 0.3) is 0 Å². The fourth-order valence-electron chi connectivity index (χ4n) is 4.68. The van der Waals surface area contributed by atoms with E-state index in [1.165, 1.54) is 20.3 Å². The molecule has 0 aromatic heterocycles. The molecule has 0 radical (unpaired) electrons. The normalized spacial score (nSPS) is 42.6. The van der Waals surface area contributed by atoms with E-state index in [1.807, 2.05) is 0 Å². The second kappa shape index (κ2) is 5.68. The number of carbonyl (C=O) groups is 2. The Morgan fingerprint density at radius 1 is 0.958 bits per heavy atom. The van der Waals surface area contributed by atoms with Crippen LogP contribution in [0.1, 0.15) is 58.8 Å². The van der Waals surface area contributed by atoms with Gasteiger partial charge in [0.2, 0.25) is 6.29 Å². The Morgan fingerprint density at radius 2 is 1.67 bits per heavy atom. The van der Waals surface area contributed by atoms with Crippen molar-refractivity contribution in [2.45, 2.75) is 94.8 Å². The molecule has 134 valence electrons. The predicted molar refractivity (Wildman–Crippen MR) is 79.7 cm³/mol. The monoisotopic (exact) mass is 340 g/mol. The van der Waals surface area contributed by atoms with Gasteiger partial charge in [0, 0.05) is 39.5 Å². The molecule has 24 heavy (non-hydrogen) atoms. The molecule has 2 heterocycles. The fraction of sp³-hybridized carbons (Fsp3) is 0.882. The lowest BCUT2D eigenvalue weighted by Gasteiger charge is -2.36. The van der Waals surface area contributed by atoms with Crippen LogP contribution in [0, 0.1) is 0 Å². The Labute approximate surface area is 140 Å². The van der Waals surface area contributed by atoms with E-state index in [2.05, 4.69) is 0 Å². The van der Waals surface area contributed by atoms with E-state index in [1.54, 1.807) is 0 Å². The summed E-state index contributed by atoms with van der Waals surface area (Å²) in [6.45, 7) is 2.67. The largest absolute Gasteiger partial charge is 0.452 e. The SMILES string of the molecule is CC(=O)OC1O[C@@H]2C[C@@]1(OC(C)=O)C[C@H]1OC3(CCCCC3)O[C@@H]21. The van der Waals surface area contributed by atoms with E-state index >= 15 is 0 Å². The van der Waals surface area contributed by atoms with Crippen LogP contribution in [0.4, 0.5) is 0 Å². The van der Waals surface area contributed by atoms with Gasteiger partial charge in [0.05, 0.1) is 12.2 Å². The third kappa shape index (κ3) is 2.62. The molecule has 2 saturated carbocycles. The Morgan fingerprint density at radius 3 is 2.33 bits per heavy atom. The van der Waals surface area contributed by atoms with Crippen molar-refractivity contribution in [1.29, 1.82) is 0 Å². The first-order valence-electron chi connectivity index (χ1n) is 8.79. The van der Waals surface area contributed by atoms with Gasteiger partial charge in [0.15, 0.2) is 11.4 Å². The summed E-state index contributed by atoms with van der Waals surface area (Å²) in [6.07, 6.45) is 4.45. The van der Waals surface area contributed by atoms with Crippen molar-refractivity contribution in [2.75, 3.05) is 0 Å². The lowest BCUT2D eigenvalue weighted by Crippen LogP contribution is -2.51. The zero-order valence-corrected chi connectivity index (χ0v) is 14.1. The van der Waals surface area contributed by atoms with Gasteiger partial charge < -0.3 is 23.7 Å². The molecule has 2 aliphatic carbocycles. The summed E-state index contributed by atoms with van der Waals surface area (Å²) in [5, 5.41) is 0. The Balaban J connectivity index is 1.57. The molecule has 4 fully saturated rings. The lowest BCUT2D eigenvalue weighted by atomic mass is 9.81. The Bertz CT molecular complexity index is 541. The lowest BCUT2D eigenvalue weighted by molar-refractivity contribution is -0.235. The quantitative estimate of drug-likeness (QED) is 0.709. The summed E-state index contributed by atoms with van der Waals surface area (Å²) < 4.78 is 29.4. The first-order valence-corrected chi connectivity index (χ1v) is 8.79. The standard InChI is InChI=1S/C17H24O7/c1-10(18)20-15-16(22-11(2)19)8-12(21-15)14-13(9-16)23-17(24-14)6-4-3-5-7-17/h12-15H,3-9H2,1-2H3/t12-,13-,14+,15?,16-/m1/s1. The van der Waals surface area contributed by atoms with Gasteiger partial charge >= 0.3 is 11.9 Å². The van der Waals surface area contributed by atoms with Crippen LogP contribution in [-0.2, 0) is 33.3 Å². The van der Waals surface area contributed by atoms with Gasteiger partial charge in [0.1, 0.15) is 6.10 Å². The van der Waals surface area contributed by atoms with E-state index in [0.717, 1.165) is 25.7 Å². The van der Waals surface area contributed by atoms with Crippen molar-refractivity contribution in [1.82, 2.24) is 0 Å². The minimum atomic E-state index is -0.979. The fourth-order valence-corrected chi connectivity index (χ4v) is 4.68. The van der Waals surface area contributed by atoms with Gasteiger partial charge in [-0.15, -0.1) is 0 Å². The maximum Gasteiger partial charge on any atom is 0.305 e. The van der Waals surface area contributed by atoms with Crippen molar-refractivity contribution in [3.8, 4) is 0 Å². The number of ether oxygens (including phenoxy) is 5. The third-order valence-corrected chi connectivity index (χ3v) is 5.51. The van der Waals surface area contributed by atoms with E-state index < -0.39 is 29.6 Å². The highest BCUT2D eigenvalue weighted by atomic mass is 16.8. The van der Waals surface area contributed by atoms with E-state index in [9.17, 15) is 9.59 Å². The molecule has 2 saturated heterocycles. The molecule has 2 aliphatic heterocycles. The summed E-state index contributed by atoms with van der Waals surface area (Å²) >= 11 is 0. The summed E-state index contributed by atoms with van der Waals surface area (Å²) in [4.78, 5) is 23.0. The van der Waals surface area contributed by atoms with Crippen molar-refractivity contribution in [3.05, 3.63) is 0 Å². The summed E-state index contributed by atoms with van der Waals surface area (Å²) in [6, 6.07) is 0. The molecule has 4 aliphatic rings. The number of fused-ring (bicyclic) bond motifs is 4. The maximum absolute atomic E-state index is 11.6. The highest BCUT2D eigenvalue weighted by Crippen LogP contribution is 2.53. The first-order chi connectivity index (χ1) is 11.4. The Kier molecular flexibility index (Phi) is 3.85. The molecular formula is C17H24O7.